The highest BCUT2D eigenvalue weighted by atomic mass is 32.2. The lowest BCUT2D eigenvalue weighted by Gasteiger charge is -2.16. The van der Waals surface area contributed by atoms with Crippen molar-refractivity contribution in [2.45, 2.75) is 31.1 Å². The summed E-state index contributed by atoms with van der Waals surface area (Å²) in [4.78, 5) is 27.3. The molecule has 30 heavy (non-hydrogen) atoms. The second-order valence-electron chi connectivity index (χ2n) is 6.93. The molecule has 1 aromatic carbocycles. The van der Waals surface area contributed by atoms with Crippen molar-refractivity contribution in [1.29, 1.82) is 0 Å². The third kappa shape index (κ3) is 4.71. The van der Waals surface area contributed by atoms with Crippen molar-refractivity contribution in [1.82, 2.24) is 14.6 Å². The van der Waals surface area contributed by atoms with Crippen LogP contribution in [0.15, 0.2) is 52.1 Å². The van der Waals surface area contributed by atoms with Crippen molar-refractivity contribution in [3.8, 4) is 0 Å². The van der Waals surface area contributed by atoms with Crippen molar-refractivity contribution in [2.75, 3.05) is 14.1 Å². The molecule has 2 heterocycles. The lowest BCUT2D eigenvalue weighted by atomic mass is 10.0. The number of rotatable bonds is 8. The van der Waals surface area contributed by atoms with E-state index in [0.29, 0.717) is 0 Å². The number of carbonyl (C=O) groups excluding carboxylic acids is 2. The van der Waals surface area contributed by atoms with Crippen molar-refractivity contribution in [3.05, 3.63) is 53.9 Å². The molecular weight excluding hydrogens is 410 g/mol. The Morgan fingerprint density at radius 1 is 1.20 bits per heavy atom. The van der Waals surface area contributed by atoms with E-state index in [1.807, 2.05) is 24.3 Å². The summed E-state index contributed by atoms with van der Waals surface area (Å²) in [5.41, 5.74) is 1.78. The zero-order valence-electron chi connectivity index (χ0n) is 16.8. The molecule has 3 aromatic rings. The van der Waals surface area contributed by atoms with Crippen LogP contribution in [-0.4, -0.2) is 49.7 Å². The number of nitrogens with zero attached hydrogens (tertiary/aromatic N) is 1. The average molecular weight is 433 g/mol. The van der Waals surface area contributed by atoms with Gasteiger partial charge in [-0.05, 0) is 23.8 Å². The third-order valence-corrected chi connectivity index (χ3v) is 6.18. The van der Waals surface area contributed by atoms with Gasteiger partial charge in [-0.1, -0.05) is 18.2 Å². The number of esters is 1. The zero-order valence-corrected chi connectivity index (χ0v) is 17.7. The summed E-state index contributed by atoms with van der Waals surface area (Å²) in [6.07, 6.45) is 2.03. The second-order valence-corrected chi connectivity index (χ2v) is 9.02. The molecule has 2 N–H and O–H groups in total. The van der Waals surface area contributed by atoms with Gasteiger partial charge in [0.1, 0.15) is 18.4 Å². The Morgan fingerprint density at radius 2 is 1.93 bits per heavy atom. The topological polar surface area (TPSA) is 122 Å². The molecule has 1 amide bonds. The molecule has 0 bridgehead atoms. The molecule has 3 rings (SSSR count). The van der Waals surface area contributed by atoms with Gasteiger partial charge in [0.2, 0.25) is 11.0 Å². The van der Waals surface area contributed by atoms with Crippen LogP contribution in [0.4, 0.5) is 0 Å². The zero-order chi connectivity index (χ0) is 21.9. The second kappa shape index (κ2) is 8.72. The summed E-state index contributed by atoms with van der Waals surface area (Å²) in [6, 6.07) is 9.46. The highest BCUT2D eigenvalue weighted by Gasteiger charge is 2.25. The number of sulfonamides is 1. The first-order valence-electron chi connectivity index (χ1n) is 9.18. The lowest BCUT2D eigenvalue weighted by molar-refractivity contribution is -0.149. The number of para-hydroxylation sites is 1. The smallest absolute Gasteiger partial charge is 0.329 e. The number of carbonyl (C=O) groups is 2. The number of nitrogens with one attached hydrogen (secondary N) is 2. The van der Waals surface area contributed by atoms with Crippen LogP contribution in [0.25, 0.3) is 10.9 Å². The van der Waals surface area contributed by atoms with Gasteiger partial charge in [-0.15, -0.1) is 0 Å². The summed E-state index contributed by atoms with van der Waals surface area (Å²) < 4.78 is 35.7. The number of fused-ring (bicyclic) bond motifs is 1. The molecule has 0 saturated carbocycles. The molecule has 0 aliphatic rings. The van der Waals surface area contributed by atoms with Crippen molar-refractivity contribution in [2.24, 2.45) is 0 Å². The minimum Gasteiger partial charge on any atom is -0.456 e. The van der Waals surface area contributed by atoms with E-state index >= 15 is 0 Å². The van der Waals surface area contributed by atoms with Gasteiger partial charge >= 0.3 is 5.97 Å². The Hall–Kier alpha value is -3.11. The molecule has 0 aliphatic heterocycles. The Bertz CT molecular complexity index is 1160. The van der Waals surface area contributed by atoms with Crippen LogP contribution in [0.2, 0.25) is 0 Å². The Morgan fingerprint density at radius 3 is 2.63 bits per heavy atom. The normalized spacial score (nSPS) is 12.8. The number of amides is 1. The van der Waals surface area contributed by atoms with Crippen LogP contribution < -0.4 is 5.32 Å². The van der Waals surface area contributed by atoms with E-state index in [-0.39, 0.29) is 29.8 Å². The van der Waals surface area contributed by atoms with E-state index < -0.39 is 22.0 Å². The maximum atomic E-state index is 12.6. The number of hydrogen-bond acceptors (Lipinski definition) is 6. The van der Waals surface area contributed by atoms with Crippen LogP contribution in [0, 0.1) is 0 Å². The molecule has 0 radical (unpaired) electrons. The van der Waals surface area contributed by atoms with E-state index in [1.165, 1.54) is 33.2 Å². The van der Waals surface area contributed by atoms with E-state index in [2.05, 4.69) is 10.3 Å². The fourth-order valence-corrected chi connectivity index (χ4v) is 3.77. The van der Waals surface area contributed by atoms with E-state index in [4.69, 9.17) is 9.15 Å². The van der Waals surface area contributed by atoms with Gasteiger partial charge in [-0.2, -0.15) is 0 Å². The molecule has 0 fully saturated rings. The number of aromatic amines is 1. The van der Waals surface area contributed by atoms with E-state index in [9.17, 15) is 18.0 Å². The van der Waals surface area contributed by atoms with Crippen molar-refractivity contribution < 1.29 is 27.2 Å². The maximum Gasteiger partial charge on any atom is 0.329 e. The number of hydrogen-bond donors (Lipinski definition) is 2. The summed E-state index contributed by atoms with van der Waals surface area (Å²) >= 11 is 0. The Labute approximate surface area is 174 Å². The quantitative estimate of drug-likeness (QED) is 0.523. The minimum atomic E-state index is -3.72. The maximum absolute atomic E-state index is 12.6. The first-order valence-corrected chi connectivity index (χ1v) is 10.6. The first-order chi connectivity index (χ1) is 14.2. The molecule has 160 valence electrons. The summed E-state index contributed by atoms with van der Waals surface area (Å²) in [5.74, 6) is -0.838. The van der Waals surface area contributed by atoms with Gasteiger partial charge < -0.3 is 19.5 Å². The van der Waals surface area contributed by atoms with Gasteiger partial charge in [-0.25, -0.2) is 17.5 Å². The van der Waals surface area contributed by atoms with Gasteiger partial charge in [0.15, 0.2) is 0 Å². The van der Waals surface area contributed by atoms with Crippen LogP contribution in [0.3, 0.4) is 0 Å². The summed E-state index contributed by atoms with van der Waals surface area (Å²) in [6.45, 7) is 1.06. The standard InChI is InChI=1S/C20H23N3O6S/c1-13(24)22-18(10-14-11-21-17-7-5-4-6-16(14)17)20(25)28-12-15-8-9-19(29-15)30(26,27)23(2)3/h4-9,11,18,21H,10,12H2,1-3H3,(H,22,24)/t18-/m0/s1. The highest BCUT2D eigenvalue weighted by Crippen LogP contribution is 2.20. The summed E-state index contributed by atoms with van der Waals surface area (Å²) in [5, 5.41) is 3.31. The fourth-order valence-electron chi connectivity index (χ4n) is 2.96. The highest BCUT2D eigenvalue weighted by molar-refractivity contribution is 7.88. The molecule has 9 nitrogen and oxygen atoms in total. The minimum absolute atomic E-state index is 0.178. The first kappa shape index (κ1) is 21.6. The van der Waals surface area contributed by atoms with Crippen LogP contribution in [0.1, 0.15) is 18.2 Å². The van der Waals surface area contributed by atoms with Gasteiger partial charge in [0, 0.05) is 44.5 Å². The monoisotopic (exact) mass is 433 g/mol. The van der Waals surface area contributed by atoms with Gasteiger partial charge in [0.25, 0.3) is 10.0 Å². The molecule has 0 spiro atoms. The molecular formula is C20H23N3O6S. The van der Waals surface area contributed by atoms with Crippen LogP contribution in [0.5, 0.6) is 0 Å². The number of aromatic nitrogens is 1. The van der Waals surface area contributed by atoms with E-state index in [1.54, 1.807) is 6.20 Å². The van der Waals surface area contributed by atoms with Crippen LogP contribution >= 0.6 is 0 Å². The van der Waals surface area contributed by atoms with E-state index in [0.717, 1.165) is 20.8 Å². The predicted molar refractivity (Wildman–Crippen MR) is 109 cm³/mol. The summed E-state index contributed by atoms with van der Waals surface area (Å²) in [7, 11) is -0.938. The van der Waals surface area contributed by atoms with Gasteiger partial charge in [0.05, 0.1) is 0 Å². The lowest BCUT2D eigenvalue weighted by Crippen LogP contribution is -2.42. The molecule has 10 heteroatoms. The Kier molecular flexibility index (Phi) is 6.28. The molecule has 1 atom stereocenters. The number of H-pyrrole nitrogens is 1. The predicted octanol–water partition coefficient (Wildman–Crippen LogP) is 1.80. The van der Waals surface area contributed by atoms with Crippen LogP contribution in [-0.2, 0) is 37.4 Å². The van der Waals surface area contributed by atoms with Crippen molar-refractivity contribution in [3.63, 3.8) is 0 Å². The number of ether oxygens (including phenoxy) is 1. The number of benzene rings is 1. The average Bonchev–Trinajstić information content (AvgIpc) is 3.33. The molecule has 2 aromatic heterocycles. The van der Waals surface area contributed by atoms with Gasteiger partial charge in [-0.3, -0.25) is 4.79 Å². The molecule has 0 aliphatic carbocycles. The number of furan rings is 1. The fraction of sp³-hybridized carbons (Fsp3) is 0.300. The molecule has 0 saturated heterocycles. The largest absolute Gasteiger partial charge is 0.456 e. The van der Waals surface area contributed by atoms with Crippen molar-refractivity contribution >= 4 is 32.8 Å². The molecule has 0 unspecified atom stereocenters. The SMILES string of the molecule is CC(=O)N[C@@H](Cc1c[nH]c2ccccc12)C(=O)OCc1ccc(S(=O)(=O)N(C)C)o1. The Balaban J connectivity index is 1.70. The third-order valence-electron chi connectivity index (χ3n) is 4.49.